The van der Waals surface area contributed by atoms with Crippen LogP contribution in [0.5, 0.6) is 0 Å². The molecule has 0 fully saturated rings. The smallest absolute Gasteiger partial charge is 0.273 e. The van der Waals surface area contributed by atoms with Gasteiger partial charge in [0.15, 0.2) is 0 Å². The van der Waals surface area contributed by atoms with Crippen LogP contribution in [0.3, 0.4) is 0 Å². The summed E-state index contributed by atoms with van der Waals surface area (Å²) < 4.78 is 1.65. The average Bonchev–Trinajstić information content (AvgIpc) is 3.29. The number of aryl methyl sites for hydroxylation is 1. The lowest BCUT2D eigenvalue weighted by Gasteiger charge is -2.07. The molecular formula is C24H21N5O2. The fraction of sp³-hybridized carbons (Fsp3) is 0.0833. The van der Waals surface area contributed by atoms with E-state index in [1.54, 1.807) is 23.3 Å². The van der Waals surface area contributed by atoms with E-state index in [0.29, 0.717) is 17.7 Å². The maximum absolute atomic E-state index is 12.9. The predicted molar refractivity (Wildman–Crippen MR) is 117 cm³/mol. The number of hydrogen-bond donors (Lipinski definition) is 2. The van der Waals surface area contributed by atoms with Crippen molar-refractivity contribution < 1.29 is 9.59 Å². The zero-order chi connectivity index (χ0) is 21.5. The third-order valence-electron chi connectivity index (χ3n) is 4.71. The molecule has 0 spiro atoms. The SMILES string of the molecule is O=C(CCc1cccnc1)NNC(=O)c1cn(-c2ccccc2)nc1-c1ccccc1. The van der Waals surface area contributed by atoms with Gasteiger partial charge in [0.2, 0.25) is 5.91 Å². The highest BCUT2D eigenvalue weighted by atomic mass is 16.2. The van der Waals surface area contributed by atoms with Crippen molar-refractivity contribution >= 4 is 11.8 Å². The monoisotopic (exact) mass is 411 g/mol. The molecule has 0 atom stereocenters. The summed E-state index contributed by atoms with van der Waals surface area (Å²) in [7, 11) is 0. The van der Waals surface area contributed by atoms with Gasteiger partial charge in [0.1, 0.15) is 5.69 Å². The first kappa shape index (κ1) is 20.0. The van der Waals surface area contributed by atoms with Gasteiger partial charge in [0.25, 0.3) is 5.91 Å². The maximum Gasteiger partial charge on any atom is 0.273 e. The summed E-state index contributed by atoms with van der Waals surface area (Å²) in [5, 5.41) is 4.61. The standard InChI is InChI=1S/C24H21N5O2/c30-22(14-13-18-8-7-15-25-16-18)26-27-24(31)21-17-29(20-11-5-2-6-12-20)28-23(21)19-9-3-1-4-10-19/h1-12,15-17H,13-14H2,(H,26,30)(H,27,31). The highest BCUT2D eigenvalue weighted by molar-refractivity contribution is 6.00. The molecular weight excluding hydrogens is 390 g/mol. The second-order valence-electron chi connectivity index (χ2n) is 6.90. The lowest BCUT2D eigenvalue weighted by atomic mass is 10.1. The Hall–Kier alpha value is -4.26. The highest BCUT2D eigenvalue weighted by Gasteiger charge is 2.19. The molecule has 2 N–H and O–H groups in total. The molecule has 4 aromatic rings. The van der Waals surface area contributed by atoms with E-state index in [4.69, 9.17) is 0 Å². The van der Waals surface area contributed by atoms with E-state index < -0.39 is 5.91 Å². The van der Waals surface area contributed by atoms with Crippen LogP contribution in [0.1, 0.15) is 22.3 Å². The van der Waals surface area contributed by atoms with Crippen molar-refractivity contribution in [3.05, 3.63) is 103 Å². The van der Waals surface area contributed by atoms with E-state index in [-0.39, 0.29) is 12.3 Å². The van der Waals surface area contributed by atoms with Crippen LogP contribution in [0.2, 0.25) is 0 Å². The number of benzene rings is 2. The Morgan fingerprint density at radius 3 is 2.32 bits per heavy atom. The molecule has 0 unspecified atom stereocenters. The number of amides is 2. The summed E-state index contributed by atoms with van der Waals surface area (Å²) in [6.07, 6.45) is 5.84. The molecule has 2 amide bonds. The van der Waals surface area contributed by atoms with E-state index in [2.05, 4.69) is 20.9 Å². The molecule has 0 aliphatic carbocycles. The topological polar surface area (TPSA) is 88.9 Å². The van der Waals surface area contributed by atoms with Crippen molar-refractivity contribution in [2.75, 3.05) is 0 Å². The van der Waals surface area contributed by atoms with Crippen molar-refractivity contribution in [3.63, 3.8) is 0 Å². The van der Waals surface area contributed by atoms with Crippen molar-refractivity contribution in [1.29, 1.82) is 0 Å². The van der Waals surface area contributed by atoms with E-state index in [1.165, 1.54) is 0 Å². The summed E-state index contributed by atoms with van der Waals surface area (Å²) in [5.41, 5.74) is 8.48. The van der Waals surface area contributed by atoms with Crippen molar-refractivity contribution in [2.24, 2.45) is 0 Å². The number of hydrazine groups is 1. The van der Waals surface area contributed by atoms with E-state index in [0.717, 1.165) is 16.8 Å². The molecule has 0 bridgehead atoms. The molecule has 0 aliphatic rings. The molecule has 0 radical (unpaired) electrons. The third kappa shape index (κ3) is 5.02. The maximum atomic E-state index is 12.9. The van der Waals surface area contributed by atoms with Gasteiger partial charge in [-0.15, -0.1) is 0 Å². The van der Waals surface area contributed by atoms with Gasteiger partial charge in [-0.25, -0.2) is 4.68 Å². The summed E-state index contributed by atoms with van der Waals surface area (Å²) >= 11 is 0. The number of pyridine rings is 1. The Kier molecular flexibility index (Phi) is 6.13. The summed E-state index contributed by atoms with van der Waals surface area (Å²) in [5.74, 6) is -0.718. The van der Waals surface area contributed by atoms with Gasteiger partial charge in [-0.05, 0) is 30.2 Å². The number of carbonyl (C=O) groups is 2. The van der Waals surface area contributed by atoms with Crippen molar-refractivity contribution in [3.8, 4) is 16.9 Å². The zero-order valence-electron chi connectivity index (χ0n) is 16.7. The first-order valence-electron chi connectivity index (χ1n) is 9.89. The van der Waals surface area contributed by atoms with Crippen molar-refractivity contribution in [1.82, 2.24) is 25.6 Å². The molecule has 31 heavy (non-hydrogen) atoms. The van der Waals surface area contributed by atoms with Gasteiger partial charge in [0, 0.05) is 30.6 Å². The van der Waals surface area contributed by atoms with Crippen LogP contribution in [0.15, 0.2) is 91.4 Å². The number of aromatic nitrogens is 3. The minimum absolute atomic E-state index is 0.237. The van der Waals surface area contributed by atoms with Gasteiger partial charge in [-0.1, -0.05) is 54.6 Å². The molecule has 2 aromatic heterocycles. The predicted octanol–water partition coefficient (Wildman–Crippen LogP) is 3.33. The number of nitrogens with zero attached hydrogens (tertiary/aromatic N) is 3. The Balaban J connectivity index is 1.49. The van der Waals surface area contributed by atoms with Gasteiger partial charge in [0.05, 0.1) is 11.3 Å². The van der Waals surface area contributed by atoms with Crippen LogP contribution in [0.25, 0.3) is 16.9 Å². The summed E-state index contributed by atoms with van der Waals surface area (Å²) in [6.45, 7) is 0. The zero-order valence-corrected chi connectivity index (χ0v) is 16.7. The van der Waals surface area contributed by atoms with Gasteiger partial charge >= 0.3 is 0 Å². The van der Waals surface area contributed by atoms with Crippen LogP contribution < -0.4 is 10.9 Å². The first-order chi connectivity index (χ1) is 15.2. The van der Waals surface area contributed by atoms with E-state index in [9.17, 15) is 9.59 Å². The lowest BCUT2D eigenvalue weighted by Crippen LogP contribution is -2.41. The molecule has 7 nitrogen and oxygen atoms in total. The largest absolute Gasteiger partial charge is 0.273 e. The summed E-state index contributed by atoms with van der Waals surface area (Å²) in [4.78, 5) is 29.1. The van der Waals surface area contributed by atoms with E-state index >= 15 is 0 Å². The number of nitrogens with one attached hydrogen (secondary N) is 2. The number of hydrogen-bond acceptors (Lipinski definition) is 4. The second kappa shape index (κ2) is 9.49. The molecule has 7 heteroatoms. The van der Waals surface area contributed by atoms with Crippen LogP contribution in [0.4, 0.5) is 0 Å². The number of rotatable bonds is 6. The van der Waals surface area contributed by atoms with Gasteiger partial charge in [-0.3, -0.25) is 25.4 Å². The minimum atomic E-state index is -0.434. The molecule has 154 valence electrons. The van der Waals surface area contributed by atoms with Gasteiger partial charge in [-0.2, -0.15) is 5.10 Å². The molecule has 2 aromatic carbocycles. The second-order valence-corrected chi connectivity index (χ2v) is 6.90. The minimum Gasteiger partial charge on any atom is -0.273 e. The summed E-state index contributed by atoms with van der Waals surface area (Å²) in [6, 6.07) is 22.7. The molecule has 0 saturated carbocycles. The highest BCUT2D eigenvalue weighted by Crippen LogP contribution is 2.23. The quantitative estimate of drug-likeness (QED) is 0.477. The number of para-hydroxylation sites is 1. The fourth-order valence-electron chi connectivity index (χ4n) is 3.12. The number of carbonyl (C=O) groups excluding carboxylic acids is 2. The molecule has 0 aliphatic heterocycles. The molecule has 0 saturated heterocycles. The van der Waals surface area contributed by atoms with Gasteiger partial charge < -0.3 is 0 Å². The Morgan fingerprint density at radius 1 is 0.871 bits per heavy atom. The van der Waals surface area contributed by atoms with E-state index in [1.807, 2.05) is 72.8 Å². The Morgan fingerprint density at radius 2 is 1.61 bits per heavy atom. The molecule has 2 heterocycles. The molecule has 4 rings (SSSR count). The van der Waals surface area contributed by atoms with Crippen molar-refractivity contribution in [2.45, 2.75) is 12.8 Å². The Labute approximate surface area is 179 Å². The van der Waals surface area contributed by atoms with Crippen LogP contribution >= 0.6 is 0 Å². The Bertz CT molecular complexity index is 1160. The third-order valence-corrected chi connectivity index (χ3v) is 4.71. The van der Waals surface area contributed by atoms with Crippen LogP contribution in [-0.4, -0.2) is 26.6 Å². The lowest BCUT2D eigenvalue weighted by molar-refractivity contribution is -0.121. The fourth-order valence-corrected chi connectivity index (χ4v) is 3.12. The normalized spacial score (nSPS) is 10.5. The van der Waals surface area contributed by atoms with Crippen LogP contribution in [-0.2, 0) is 11.2 Å². The first-order valence-corrected chi connectivity index (χ1v) is 9.89. The average molecular weight is 411 g/mol. The van der Waals surface area contributed by atoms with Crippen LogP contribution in [0, 0.1) is 0 Å².